The first kappa shape index (κ1) is 10.5. The second-order valence-electron chi connectivity index (χ2n) is 2.41. The number of nitrogens with zero attached hydrogens (tertiary/aromatic N) is 1. The van der Waals surface area contributed by atoms with Crippen molar-refractivity contribution in [2.24, 2.45) is 0 Å². The molecule has 0 aliphatic rings. The van der Waals surface area contributed by atoms with E-state index >= 15 is 0 Å². The fourth-order valence-electron chi connectivity index (χ4n) is 0.997. The summed E-state index contributed by atoms with van der Waals surface area (Å²) in [7, 11) is 0. The Labute approximate surface area is 107 Å². The van der Waals surface area contributed by atoms with Crippen molar-refractivity contribution in [2.75, 3.05) is 5.09 Å². The van der Waals surface area contributed by atoms with Crippen molar-refractivity contribution in [1.29, 1.82) is 0 Å². The lowest BCUT2D eigenvalue weighted by molar-refractivity contribution is 1.52. The van der Waals surface area contributed by atoms with Crippen molar-refractivity contribution < 1.29 is 0 Å². The average Bonchev–Trinajstić information content (AvgIpc) is 2.59. The van der Waals surface area contributed by atoms with E-state index in [0.29, 0.717) is 6.37 Å². The normalized spacial score (nSPS) is 11.9. The molecule has 2 nitrogen and oxygen atoms in total. The highest BCUT2D eigenvalue weighted by molar-refractivity contribution is 14.2. The minimum Gasteiger partial charge on any atom is -0.348 e. The third-order valence-electron chi connectivity index (χ3n) is 1.65. The van der Waals surface area contributed by atoms with Crippen LogP contribution in [0.25, 0.3) is 10.2 Å². The van der Waals surface area contributed by atoms with E-state index < -0.39 is 0 Å². The van der Waals surface area contributed by atoms with E-state index in [1.165, 1.54) is 19.1 Å². The Morgan fingerprint density at radius 2 is 2.38 bits per heavy atom. The summed E-state index contributed by atoms with van der Waals surface area (Å²) in [5.41, 5.74) is 2.39. The fourth-order valence-corrected chi connectivity index (χ4v) is 5.42. The first-order chi connectivity index (χ1) is 6.24. The van der Waals surface area contributed by atoms with Crippen LogP contribution in [0.2, 0.25) is 0 Å². The molecule has 7 heteroatoms. The van der Waals surface area contributed by atoms with Crippen molar-refractivity contribution in [2.45, 2.75) is 6.92 Å². The maximum Gasteiger partial charge on any atom is 0.131 e. The quantitative estimate of drug-likeness (QED) is 0.573. The first-order valence-electron chi connectivity index (χ1n) is 3.40. The number of anilines is 1. The topological polar surface area (TPSA) is 24.9 Å². The van der Waals surface area contributed by atoms with Crippen LogP contribution in [0, 0.1) is 6.92 Å². The first-order valence-corrected chi connectivity index (χ1v) is 9.89. The number of nitrogens with one attached hydrogen (secondary N) is 1. The molecule has 0 saturated heterocycles. The number of thiophene rings is 1. The lowest BCUT2D eigenvalue weighted by Gasteiger charge is -1.92. The molecule has 0 fully saturated rings. The molecular formula is C6H5BrIN2PS2. The summed E-state index contributed by atoms with van der Waals surface area (Å²) in [6.07, 6.45) is 0.703. The van der Waals surface area contributed by atoms with E-state index in [4.69, 9.17) is 0 Å². The molecule has 0 aromatic carbocycles. The van der Waals surface area contributed by atoms with Gasteiger partial charge in [0.15, 0.2) is 0 Å². The molecule has 0 aliphatic heterocycles. The number of hydrogen-bond donors (Lipinski definition) is 1. The second-order valence-corrected chi connectivity index (χ2v) is 7.58. The highest BCUT2D eigenvalue weighted by Crippen LogP contribution is 2.42. The Morgan fingerprint density at radius 1 is 1.62 bits per heavy atom. The minimum absolute atomic E-state index is 0.703. The molecule has 13 heavy (non-hydrogen) atoms. The minimum atomic E-state index is 0.703. The monoisotopic (exact) mass is 406 g/mol. The molecule has 2 rings (SSSR count). The van der Waals surface area contributed by atoms with E-state index in [9.17, 15) is 0 Å². The van der Waals surface area contributed by atoms with Gasteiger partial charge in [0.25, 0.3) is 0 Å². The lowest BCUT2D eigenvalue weighted by atomic mass is 10.3. The molecule has 1 N–H and O–H groups in total. The van der Waals surface area contributed by atoms with Crippen molar-refractivity contribution in [1.82, 2.24) is 4.37 Å². The smallest absolute Gasteiger partial charge is 0.131 e. The number of rotatable bonds is 2. The van der Waals surface area contributed by atoms with E-state index in [0.717, 1.165) is 5.52 Å². The van der Waals surface area contributed by atoms with Crippen LogP contribution < -0.4 is 5.09 Å². The molecule has 0 radical (unpaired) electrons. The van der Waals surface area contributed by atoms with Crippen molar-refractivity contribution in [3.63, 3.8) is 0 Å². The molecular weight excluding hydrogens is 402 g/mol. The summed E-state index contributed by atoms with van der Waals surface area (Å²) >= 11 is 9.16. The van der Waals surface area contributed by atoms with Crippen LogP contribution in [-0.4, -0.2) is 4.37 Å². The predicted octanol–water partition coefficient (Wildman–Crippen LogP) is 4.78. The molecule has 0 amide bonds. The van der Waals surface area contributed by atoms with Gasteiger partial charge in [-0.15, -0.1) is 11.3 Å². The molecule has 0 bridgehead atoms. The van der Waals surface area contributed by atoms with Gasteiger partial charge in [-0.3, -0.25) is 0 Å². The van der Waals surface area contributed by atoms with Crippen LogP contribution in [0.15, 0.2) is 3.79 Å². The van der Waals surface area contributed by atoms with Crippen molar-refractivity contribution in [3.8, 4) is 0 Å². The average molecular weight is 407 g/mol. The summed E-state index contributed by atoms with van der Waals surface area (Å²) in [5.74, 6) is 0. The van der Waals surface area contributed by atoms with Gasteiger partial charge in [0, 0.05) is 11.9 Å². The van der Waals surface area contributed by atoms with Gasteiger partial charge in [0.2, 0.25) is 0 Å². The maximum atomic E-state index is 4.42. The summed E-state index contributed by atoms with van der Waals surface area (Å²) in [4.78, 5) is 0. The Morgan fingerprint density at radius 3 is 3.08 bits per heavy atom. The molecule has 2 aromatic rings. The van der Waals surface area contributed by atoms with Crippen LogP contribution in [0.1, 0.15) is 5.56 Å². The maximum absolute atomic E-state index is 4.42. The van der Waals surface area contributed by atoms with E-state index in [1.807, 2.05) is 0 Å². The summed E-state index contributed by atoms with van der Waals surface area (Å²) < 4.78 is 6.89. The van der Waals surface area contributed by atoms with Crippen LogP contribution in [0.3, 0.4) is 0 Å². The summed E-state index contributed by atoms with van der Waals surface area (Å²) in [5, 5.41) is 4.53. The second kappa shape index (κ2) is 4.26. The van der Waals surface area contributed by atoms with Gasteiger partial charge >= 0.3 is 0 Å². The Hall–Kier alpha value is 1.03. The standard InChI is InChI=1S/C6H5BrIN2PS2/c1-2-3-4(12-5(2)7)6(9-11-8)13-10-3/h9,11H,1H3. The molecule has 70 valence electrons. The van der Waals surface area contributed by atoms with Gasteiger partial charge < -0.3 is 5.09 Å². The van der Waals surface area contributed by atoms with E-state index in [2.05, 4.69) is 54.4 Å². The number of hydrogen-bond acceptors (Lipinski definition) is 4. The van der Waals surface area contributed by atoms with Crippen LogP contribution >= 0.6 is 67.2 Å². The predicted molar refractivity (Wildman–Crippen MR) is 75.9 cm³/mol. The zero-order chi connectivity index (χ0) is 9.42. The number of aryl methyl sites for hydroxylation is 1. The van der Waals surface area contributed by atoms with Gasteiger partial charge in [0.1, 0.15) is 10.5 Å². The van der Waals surface area contributed by atoms with E-state index in [-0.39, 0.29) is 0 Å². The largest absolute Gasteiger partial charge is 0.348 e. The van der Waals surface area contributed by atoms with Gasteiger partial charge in [-0.1, -0.05) is 0 Å². The lowest BCUT2D eigenvalue weighted by Crippen LogP contribution is -1.71. The molecule has 0 spiro atoms. The fraction of sp³-hybridized carbons (Fsp3) is 0.167. The SMILES string of the molecule is Cc1c(Br)sc2c(NPI)snc12. The zero-order valence-electron chi connectivity index (χ0n) is 6.52. The molecule has 1 unspecified atom stereocenters. The third-order valence-corrected chi connectivity index (χ3v) is 6.05. The van der Waals surface area contributed by atoms with Gasteiger partial charge in [-0.2, -0.15) is 4.37 Å². The highest BCUT2D eigenvalue weighted by atomic mass is 127. The van der Waals surface area contributed by atoms with E-state index in [1.54, 1.807) is 22.9 Å². The van der Waals surface area contributed by atoms with Crippen LogP contribution in [0.5, 0.6) is 0 Å². The number of halogens is 2. The van der Waals surface area contributed by atoms with Gasteiger partial charge in [0.05, 0.1) is 8.49 Å². The summed E-state index contributed by atoms with van der Waals surface area (Å²) in [6, 6.07) is 0. The molecule has 2 aromatic heterocycles. The van der Waals surface area contributed by atoms with Crippen molar-refractivity contribution in [3.05, 3.63) is 9.35 Å². The highest BCUT2D eigenvalue weighted by Gasteiger charge is 2.13. The Bertz CT molecular complexity index is 441. The molecule has 1 atom stereocenters. The Kier molecular flexibility index (Phi) is 3.46. The Balaban J connectivity index is 2.60. The van der Waals surface area contributed by atoms with Crippen LogP contribution in [0.4, 0.5) is 5.00 Å². The van der Waals surface area contributed by atoms with Gasteiger partial charge in [-0.05, 0) is 56.4 Å². The van der Waals surface area contributed by atoms with Crippen LogP contribution in [-0.2, 0) is 0 Å². The molecule has 2 heterocycles. The zero-order valence-corrected chi connectivity index (χ0v) is 12.9. The van der Waals surface area contributed by atoms with Gasteiger partial charge in [-0.25, -0.2) is 0 Å². The third kappa shape index (κ3) is 1.88. The number of aromatic nitrogens is 1. The molecule has 0 aliphatic carbocycles. The molecule has 0 saturated carbocycles. The summed E-state index contributed by atoms with van der Waals surface area (Å²) in [6.45, 7) is 2.10. The number of fused-ring (bicyclic) bond motifs is 1. The van der Waals surface area contributed by atoms with Crippen molar-refractivity contribution >= 4 is 82.4 Å².